The number of sulfone groups is 1. The Bertz CT molecular complexity index is 1100. The molecule has 2 aliphatic rings. The highest BCUT2D eigenvalue weighted by Gasteiger charge is 2.32. The SMILES string of the molecule is CN1CCc2c(c3cccc4c3n2Cc2ccccc2S4(=O)=O)C1. The minimum Gasteiger partial charge on any atom is -0.339 e. The molecule has 0 N–H and O–H groups in total. The minimum atomic E-state index is -3.49. The van der Waals surface area contributed by atoms with E-state index in [-0.39, 0.29) is 0 Å². The van der Waals surface area contributed by atoms with Crippen LogP contribution < -0.4 is 0 Å². The molecule has 0 atom stereocenters. The van der Waals surface area contributed by atoms with Crippen molar-refractivity contribution >= 4 is 20.7 Å². The average molecular weight is 338 g/mol. The maximum Gasteiger partial charge on any atom is 0.209 e. The largest absolute Gasteiger partial charge is 0.339 e. The van der Waals surface area contributed by atoms with Gasteiger partial charge in [-0.05, 0) is 30.3 Å². The maximum absolute atomic E-state index is 13.3. The predicted octanol–water partition coefficient (Wildman–Crippen LogP) is 2.82. The highest BCUT2D eigenvalue weighted by molar-refractivity contribution is 7.91. The molecule has 0 fully saturated rings. The van der Waals surface area contributed by atoms with E-state index in [4.69, 9.17) is 0 Å². The van der Waals surface area contributed by atoms with E-state index in [9.17, 15) is 8.42 Å². The van der Waals surface area contributed by atoms with Gasteiger partial charge in [0.25, 0.3) is 0 Å². The third-order valence-electron chi connectivity index (χ3n) is 5.31. The molecular weight excluding hydrogens is 320 g/mol. The zero-order valence-electron chi connectivity index (χ0n) is 13.5. The molecule has 3 aromatic rings. The van der Waals surface area contributed by atoms with Crippen LogP contribution in [0, 0.1) is 0 Å². The summed E-state index contributed by atoms with van der Waals surface area (Å²) in [6.07, 6.45) is 0.960. The molecule has 1 aromatic heterocycles. The van der Waals surface area contributed by atoms with Crippen LogP contribution in [0.5, 0.6) is 0 Å². The first-order valence-electron chi connectivity index (χ1n) is 8.22. The molecule has 0 radical (unpaired) electrons. The van der Waals surface area contributed by atoms with Crippen molar-refractivity contribution in [2.45, 2.75) is 29.3 Å². The fraction of sp³-hybridized carbons (Fsp3) is 0.263. The van der Waals surface area contributed by atoms with Gasteiger partial charge in [-0.1, -0.05) is 30.3 Å². The van der Waals surface area contributed by atoms with Crippen molar-refractivity contribution in [2.24, 2.45) is 0 Å². The highest BCUT2D eigenvalue weighted by Crippen LogP contribution is 2.39. The second kappa shape index (κ2) is 4.71. The van der Waals surface area contributed by atoms with Gasteiger partial charge in [-0.3, -0.25) is 0 Å². The van der Waals surface area contributed by atoms with Gasteiger partial charge >= 0.3 is 0 Å². The van der Waals surface area contributed by atoms with Crippen molar-refractivity contribution in [1.82, 2.24) is 9.47 Å². The summed E-state index contributed by atoms with van der Waals surface area (Å²) in [5.41, 5.74) is 4.35. The van der Waals surface area contributed by atoms with Crippen LogP contribution in [0.3, 0.4) is 0 Å². The molecular formula is C19H18N2O2S. The Labute approximate surface area is 141 Å². The molecule has 0 bridgehead atoms. The number of fused-ring (bicyclic) bond motifs is 4. The van der Waals surface area contributed by atoms with Crippen molar-refractivity contribution in [1.29, 1.82) is 0 Å². The van der Waals surface area contributed by atoms with Gasteiger partial charge in [0, 0.05) is 37.1 Å². The van der Waals surface area contributed by atoms with Gasteiger partial charge in [0.2, 0.25) is 9.84 Å². The first-order chi connectivity index (χ1) is 11.6. The molecule has 0 spiro atoms. The molecule has 0 amide bonds. The van der Waals surface area contributed by atoms with E-state index in [1.165, 1.54) is 11.3 Å². The molecule has 5 heteroatoms. The smallest absolute Gasteiger partial charge is 0.209 e. The Morgan fingerprint density at radius 2 is 1.75 bits per heavy atom. The van der Waals surface area contributed by atoms with Crippen molar-refractivity contribution in [3.8, 4) is 0 Å². The summed E-state index contributed by atoms with van der Waals surface area (Å²) in [5.74, 6) is 0. The molecule has 4 nitrogen and oxygen atoms in total. The molecule has 24 heavy (non-hydrogen) atoms. The summed E-state index contributed by atoms with van der Waals surface area (Å²) in [7, 11) is -1.37. The van der Waals surface area contributed by atoms with Gasteiger partial charge in [0.15, 0.2) is 0 Å². The molecule has 5 rings (SSSR count). The molecule has 0 saturated carbocycles. The van der Waals surface area contributed by atoms with Gasteiger partial charge in [-0.2, -0.15) is 0 Å². The standard InChI is InChI=1S/C19H18N2O2S/c1-20-10-9-16-15(12-20)14-6-4-8-18-19(14)21(16)11-13-5-2-3-7-17(13)24(18,22)23/h2-8H,9-12H2,1H3. The molecule has 0 aliphatic carbocycles. The van der Waals surface area contributed by atoms with Crippen LogP contribution in [0.4, 0.5) is 0 Å². The Balaban J connectivity index is 1.95. The number of nitrogens with zero attached hydrogens (tertiary/aromatic N) is 2. The Kier molecular flexibility index (Phi) is 2.80. The molecule has 0 saturated heterocycles. The van der Waals surface area contributed by atoms with Crippen LogP contribution in [0.15, 0.2) is 52.3 Å². The van der Waals surface area contributed by atoms with Gasteiger partial charge in [-0.25, -0.2) is 8.42 Å². The third kappa shape index (κ3) is 1.74. The minimum absolute atomic E-state index is 0.446. The van der Waals surface area contributed by atoms with Crippen molar-refractivity contribution in [3.63, 3.8) is 0 Å². The summed E-state index contributed by atoms with van der Waals surface area (Å²) in [5, 5.41) is 1.09. The Hall–Kier alpha value is -2.11. The van der Waals surface area contributed by atoms with Crippen molar-refractivity contribution < 1.29 is 8.42 Å². The van der Waals surface area contributed by atoms with Crippen LogP contribution in [0.1, 0.15) is 16.8 Å². The molecule has 3 heterocycles. The average Bonchev–Trinajstić information content (AvgIpc) is 2.83. The van der Waals surface area contributed by atoms with Crippen molar-refractivity contribution in [3.05, 3.63) is 59.3 Å². The monoisotopic (exact) mass is 338 g/mol. The van der Waals surface area contributed by atoms with Crippen LogP contribution in [-0.2, 0) is 29.3 Å². The van der Waals surface area contributed by atoms with E-state index in [1.807, 2.05) is 24.3 Å². The summed E-state index contributed by atoms with van der Waals surface area (Å²) < 4.78 is 28.8. The second-order valence-electron chi connectivity index (χ2n) is 6.76. The van der Waals surface area contributed by atoms with Gasteiger partial charge in [0.05, 0.1) is 15.3 Å². The quantitative estimate of drug-likeness (QED) is 0.495. The lowest BCUT2D eigenvalue weighted by atomic mass is 10.1. The molecule has 2 aromatic carbocycles. The maximum atomic E-state index is 13.3. The molecule has 122 valence electrons. The zero-order chi connectivity index (χ0) is 16.5. The van der Waals surface area contributed by atoms with E-state index in [0.29, 0.717) is 16.3 Å². The summed E-state index contributed by atoms with van der Waals surface area (Å²) in [6, 6.07) is 13.1. The van der Waals surface area contributed by atoms with Crippen LogP contribution in [0.2, 0.25) is 0 Å². The van der Waals surface area contributed by atoms with E-state index >= 15 is 0 Å². The van der Waals surface area contributed by atoms with E-state index in [2.05, 4.69) is 22.6 Å². The topological polar surface area (TPSA) is 42.3 Å². The molecule has 0 unspecified atom stereocenters. The van der Waals surface area contributed by atoms with Crippen LogP contribution >= 0.6 is 0 Å². The lowest BCUT2D eigenvalue weighted by molar-refractivity contribution is 0.310. The lowest BCUT2D eigenvalue weighted by Crippen LogP contribution is -2.27. The first kappa shape index (κ1) is 14.3. The van der Waals surface area contributed by atoms with Crippen LogP contribution in [0.25, 0.3) is 10.9 Å². The zero-order valence-corrected chi connectivity index (χ0v) is 14.3. The number of benzene rings is 2. The fourth-order valence-electron chi connectivity index (χ4n) is 4.18. The first-order valence-corrected chi connectivity index (χ1v) is 9.70. The number of rotatable bonds is 0. The van der Waals surface area contributed by atoms with Gasteiger partial charge < -0.3 is 9.47 Å². The highest BCUT2D eigenvalue weighted by atomic mass is 32.2. The van der Waals surface area contributed by atoms with Gasteiger partial charge in [0.1, 0.15) is 0 Å². The summed E-state index contributed by atoms with van der Waals surface area (Å²) in [4.78, 5) is 3.19. The summed E-state index contributed by atoms with van der Waals surface area (Å²) >= 11 is 0. The van der Waals surface area contributed by atoms with E-state index in [1.54, 1.807) is 12.1 Å². The molecule has 2 aliphatic heterocycles. The number of hydrogen-bond acceptors (Lipinski definition) is 3. The predicted molar refractivity (Wildman–Crippen MR) is 93.0 cm³/mol. The summed E-state index contributed by atoms with van der Waals surface area (Å²) in [6.45, 7) is 2.51. The number of likely N-dealkylation sites (N-methyl/N-ethyl adjacent to an activating group) is 1. The number of para-hydroxylation sites is 1. The van der Waals surface area contributed by atoms with Crippen LogP contribution in [-0.4, -0.2) is 31.5 Å². The third-order valence-corrected chi connectivity index (χ3v) is 7.19. The normalized spacial score (nSPS) is 18.9. The second-order valence-corrected chi connectivity index (χ2v) is 8.65. The van der Waals surface area contributed by atoms with Gasteiger partial charge in [-0.15, -0.1) is 0 Å². The van der Waals surface area contributed by atoms with E-state index < -0.39 is 9.84 Å². The van der Waals surface area contributed by atoms with Crippen molar-refractivity contribution in [2.75, 3.05) is 13.6 Å². The van der Waals surface area contributed by atoms with E-state index in [0.717, 1.165) is 36.0 Å². The lowest BCUT2D eigenvalue weighted by Gasteiger charge is -2.24. The Morgan fingerprint density at radius 1 is 0.958 bits per heavy atom. The fourth-order valence-corrected chi connectivity index (χ4v) is 5.89. The number of hydrogen-bond donors (Lipinski definition) is 0. The Morgan fingerprint density at radius 3 is 2.62 bits per heavy atom. The number of aromatic nitrogens is 1.